The molecule has 0 bridgehead atoms. The summed E-state index contributed by atoms with van der Waals surface area (Å²) in [5, 5.41) is 0. The van der Waals surface area contributed by atoms with Gasteiger partial charge in [-0.05, 0) is 31.2 Å². The van der Waals surface area contributed by atoms with E-state index in [0.717, 1.165) is 38.6 Å². The summed E-state index contributed by atoms with van der Waals surface area (Å²) in [6.07, 6.45) is 4.92. The number of likely N-dealkylation sites (N-methyl/N-ethyl adjacent to an activating group) is 1. The number of aryl methyl sites for hydroxylation is 1. The molecule has 1 aromatic carbocycles. The van der Waals surface area contributed by atoms with Crippen LogP contribution in [-0.4, -0.2) is 30.4 Å². The second-order valence-corrected chi connectivity index (χ2v) is 5.10. The lowest BCUT2D eigenvalue weighted by molar-refractivity contribution is -0.131. The van der Waals surface area contributed by atoms with E-state index in [1.165, 1.54) is 5.56 Å². The van der Waals surface area contributed by atoms with Crippen LogP contribution >= 0.6 is 0 Å². The molecule has 2 N–H and O–H groups in total. The van der Waals surface area contributed by atoms with E-state index in [1.54, 1.807) is 4.90 Å². The molecule has 0 aromatic heterocycles. The second kappa shape index (κ2) is 8.70. The van der Waals surface area contributed by atoms with Gasteiger partial charge < -0.3 is 10.6 Å². The SMILES string of the molecule is CCC[C@@H](N)C(=O)N(C)CCCCc1ccccc1. The number of nitrogens with zero attached hydrogens (tertiary/aromatic N) is 1. The van der Waals surface area contributed by atoms with Crippen molar-refractivity contribution in [1.82, 2.24) is 4.90 Å². The first-order valence-electron chi connectivity index (χ1n) is 7.19. The van der Waals surface area contributed by atoms with Crippen LogP contribution in [0.25, 0.3) is 0 Å². The molecule has 0 fully saturated rings. The molecule has 0 radical (unpaired) electrons. The Hall–Kier alpha value is -1.35. The summed E-state index contributed by atoms with van der Waals surface area (Å²) in [7, 11) is 1.85. The van der Waals surface area contributed by atoms with Crippen molar-refractivity contribution in [3.63, 3.8) is 0 Å². The maximum absolute atomic E-state index is 11.9. The number of hydrogen-bond donors (Lipinski definition) is 1. The molecule has 0 spiro atoms. The third kappa shape index (κ3) is 5.88. The average Bonchev–Trinajstić information content (AvgIpc) is 2.44. The van der Waals surface area contributed by atoms with Gasteiger partial charge in [0.1, 0.15) is 0 Å². The van der Waals surface area contributed by atoms with Gasteiger partial charge in [-0.15, -0.1) is 0 Å². The van der Waals surface area contributed by atoms with Gasteiger partial charge in [0.2, 0.25) is 5.91 Å². The molecule has 1 aromatic rings. The Bertz CT molecular complexity index is 364. The summed E-state index contributed by atoms with van der Waals surface area (Å²) in [4.78, 5) is 13.7. The third-order valence-electron chi connectivity index (χ3n) is 3.34. The van der Waals surface area contributed by atoms with E-state index in [9.17, 15) is 4.79 Å². The monoisotopic (exact) mass is 262 g/mol. The molecule has 1 rings (SSSR count). The average molecular weight is 262 g/mol. The molecule has 0 aliphatic carbocycles. The van der Waals surface area contributed by atoms with Crippen LogP contribution in [0.15, 0.2) is 30.3 Å². The molecule has 3 nitrogen and oxygen atoms in total. The van der Waals surface area contributed by atoms with Crippen molar-refractivity contribution < 1.29 is 4.79 Å². The van der Waals surface area contributed by atoms with Crippen LogP contribution in [0.3, 0.4) is 0 Å². The van der Waals surface area contributed by atoms with Crippen LogP contribution in [0.2, 0.25) is 0 Å². The topological polar surface area (TPSA) is 46.3 Å². The van der Waals surface area contributed by atoms with E-state index in [4.69, 9.17) is 5.73 Å². The first-order chi connectivity index (χ1) is 9.15. The highest BCUT2D eigenvalue weighted by molar-refractivity contribution is 5.81. The quantitative estimate of drug-likeness (QED) is 0.732. The fraction of sp³-hybridized carbons (Fsp3) is 0.562. The normalized spacial score (nSPS) is 12.2. The predicted molar refractivity (Wildman–Crippen MR) is 79.9 cm³/mol. The fourth-order valence-corrected chi connectivity index (χ4v) is 2.15. The zero-order valence-corrected chi connectivity index (χ0v) is 12.1. The number of rotatable bonds is 8. The van der Waals surface area contributed by atoms with E-state index in [2.05, 4.69) is 24.3 Å². The van der Waals surface area contributed by atoms with Gasteiger partial charge in [0, 0.05) is 13.6 Å². The minimum absolute atomic E-state index is 0.0709. The van der Waals surface area contributed by atoms with Crippen molar-refractivity contribution in [2.45, 2.75) is 45.1 Å². The molecule has 0 unspecified atom stereocenters. The third-order valence-corrected chi connectivity index (χ3v) is 3.34. The molecule has 3 heteroatoms. The summed E-state index contributed by atoms with van der Waals surface area (Å²) in [6, 6.07) is 10.1. The Morgan fingerprint density at radius 1 is 1.26 bits per heavy atom. The van der Waals surface area contributed by atoms with Crippen molar-refractivity contribution in [3.8, 4) is 0 Å². The lowest BCUT2D eigenvalue weighted by atomic mass is 10.1. The van der Waals surface area contributed by atoms with Crippen molar-refractivity contribution in [2.24, 2.45) is 5.73 Å². The first-order valence-corrected chi connectivity index (χ1v) is 7.19. The highest BCUT2D eigenvalue weighted by Crippen LogP contribution is 2.06. The highest BCUT2D eigenvalue weighted by atomic mass is 16.2. The van der Waals surface area contributed by atoms with Crippen LogP contribution in [-0.2, 0) is 11.2 Å². The summed E-state index contributed by atoms with van der Waals surface area (Å²) < 4.78 is 0. The molecular formula is C16H26N2O. The standard InChI is InChI=1S/C16H26N2O/c1-3-9-15(17)16(19)18(2)13-8-7-12-14-10-5-4-6-11-14/h4-6,10-11,15H,3,7-9,12-13,17H2,1-2H3/t15-/m1/s1. The molecule has 0 aliphatic rings. The lowest BCUT2D eigenvalue weighted by Gasteiger charge is -2.21. The molecule has 0 saturated carbocycles. The maximum atomic E-state index is 11.9. The van der Waals surface area contributed by atoms with Crippen LogP contribution in [0.4, 0.5) is 0 Å². The van der Waals surface area contributed by atoms with Crippen LogP contribution in [0, 0.1) is 0 Å². The highest BCUT2D eigenvalue weighted by Gasteiger charge is 2.16. The number of carbonyl (C=O) groups excluding carboxylic acids is 1. The van der Waals surface area contributed by atoms with E-state index >= 15 is 0 Å². The molecule has 19 heavy (non-hydrogen) atoms. The van der Waals surface area contributed by atoms with Gasteiger partial charge in [0.25, 0.3) is 0 Å². The van der Waals surface area contributed by atoms with Crippen LogP contribution < -0.4 is 5.73 Å². The predicted octanol–water partition coefficient (Wildman–Crippen LogP) is 2.60. The van der Waals surface area contributed by atoms with E-state index in [-0.39, 0.29) is 11.9 Å². The van der Waals surface area contributed by atoms with Crippen molar-refractivity contribution in [1.29, 1.82) is 0 Å². The maximum Gasteiger partial charge on any atom is 0.239 e. The number of hydrogen-bond acceptors (Lipinski definition) is 2. The van der Waals surface area contributed by atoms with E-state index in [0.29, 0.717) is 0 Å². The van der Waals surface area contributed by atoms with Gasteiger partial charge in [-0.25, -0.2) is 0 Å². The van der Waals surface area contributed by atoms with Crippen molar-refractivity contribution in [3.05, 3.63) is 35.9 Å². The Balaban J connectivity index is 2.20. The fourth-order valence-electron chi connectivity index (χ4n) is 2.15. The number of benzene rings is 1. The Morgan fingerprint density at radius 3 is 2.58 bits per heavy atom. The van der Waals surface area contributed by atoms with Crippen LogP contribution in [0.5, 0.6) is 0 Å². The molecule has 0 aliphatic heterocycles. The Morgan fingerprint density at radius 2 is 1.95 bits per heavy atom. The van der Waals surface area contributed by atoms with Gasteiger partial charge in [-0.1, -0.05) is 43.7 Å². The Labute approximate surface area is 116 Å². The minimum atomic E-state index is -0.330. The number of unbranched alkanes of at least 4 members (excludes halogenated alkanes) is 1. The molecule has 106 valence electrons. The zero-order valence-electron chi connectivity index (χ0n) is 12.1. The van der Waals surface area contributed by atoms with Crippen LogP contribution in [0.1, 0.15) is 38.2 Å². The zero-order chi connectivity index (χ0) is 14.1. The van der Waals surface area contributed by atoms with Crippen molar-refractivity contribution >= 4 is 5.91 Å². The smallest absolute Gasteiger partial charge is 0.239 e. The van der Waals surface area contributed by atoms with Gasteiger partial charge >= 0.3 is 0 Å². The minimum Gasteiger partial charge on any atom is -0.344 e. The molecule has 1 amide bonds. The second-order valence-electron chi connectivity index (χ2n) is 5.10. The summed E-state index contributed by atoms with van der Waals surface area (Å²) in [5.41, 5.74) is 7.19. The summed E-state index contributed by atoms with van der Waals surface area (Å²) in [5.74, 6) is 0.0709. The van der Waals surface area contributed by atoms with E-state index < -0.39 is 0 Å². The van der Waals surface area contributed by atoms with Gasteiger partial charge in [-0.2, -0.15) is 0 Å². The number of nitrogens with two attached hydrogens (primary N) is 1. The lowest BCUT2D eigenvalue weighted by Crippen LogP contribution is -2.42. The first kappa shape index (κ1) is 15.7. The molecule has 0 saturated heterocycles. The number of carbonyl (C=O) groups is 1. The Kier molecular flexibility index (Phi) is 7.19. The molecular weight excluding hydrogens is 236 g/mol. The largest absolute Gasteiger partial charge is 0.344 e. The molecule has 0 heterocycles. The van der Waals surface area contributed by atoms with E-state index in [1.807, 2.05) is 20.0 Å². The van der Waals surface area contributed by atoms with Crippen molar-refractivity contribution in [2.75, 3.05) is 13.6 Å². The van der Waals surface area contributed by atoms with Gasteiger partial charge in [0.15, 0.2) is 0 Å². The van der Waals surface area contributed by atoms with Gasteiger partial charge in [0.05, 0.1) is 6.04 Å². The molecule has 1 atom stereocenters. The number of amides is 1. The summed E-state index contributed by atoms with van der Waals surface area (Å²) in [6.45, 7) is 2.84. The van der Waals surface area contributed by atoms with Gasteiger partial charge in [-0.3, -0.25) is 4.79 Å². The summed E-state index contributed by atoms with van der Waals surface area (Å²) >= 11 is 0.